The Morgan fingerprint density at radius 3 is 2.40 bits per heavy atom. The maximum atomic E-state index is 14.0. The first-order chi connectivity index (χ1) is 22.7. The van der Waals surface area contributed by atoms with Crippen LogP contribution in [0.25, 0.3) is 0 Å². The van der Waals surface area contributed by atoms with Gasteiger partial charge in [-0.25, -0.2) is 0 Å². The molecule has 0 aromatic heterocycles. The summed E-state index contributed by atoms with van der Waals surface area (Å²) in [6.07, 6.45) is 4.29. The quantitative estimate of drug-likeness (QED) is 0.227. The summed E-state index contributed by atoms with van der Waals surface area (Å²) < 4.78 is 11.6. The molecule has 11 heteroatoms. The highest BCUT2D eigenvalue weighted by Gasteiger charge is 2.46. The monoisotopic (exact) mass is 737 g/mol. The second-order valence-electron chi connectivity index (χ2n) is 11.6. The van der Waals surface area contributed by atoms with E-state index in [4.69, 9.17) is 26.8 Å². The van der Waals surface area contributed by atoms with Crippen LogP contribution in [0, 0.1) is 23.7 Å². The molecule has 1 heterocycles. The maximum absolute atomic E-state index is 14.0. The van der Waals surface area contributed by atoms with Gasteiger partial charge in [0.1, 0.15) is 0 Å². The number of thioether (sulfide) groups is 1. The summed E-state index contributed by atoms with van der Waals surface area (Å²) in [5, 5.41) is 2.43. The van der Waals surface area contributed by atoms with Crippen molar-refractivity contribution < 1.29 is 23.9 Å². The summed E-state index contributed by atoms with van der Waals surface area (Å²) in [6, 6.07) is 18.6. The lowest BCUT2D eigenvalue weighted by Gasteiger charge is -2.34. The molecule has 3 aromatic carbocycles. The molecule has 0 unspecified atom stereocenters. The van der Waals surface area contributed by atoms with Crippen molar-refractivity contribution in [3.63, 3.8) is 0 Å². The van der Waals surface area contributed by atoms with Crippen molar-refractivity contribution in [2.75, 3.05) is 25.7 Å². The zero-order valence-electron chi connectivity index (χ0n) is 26.3. The van der Waals surface area contributed by atoms with Crippen molar-refractivity contribution in [1.82, 2.24) is 5.32 Å². The van der Waals surface area contributed by atoms with E-state index in [2.05, 4.69) is 33.1 Å². The lowest BCUT2D eigenvalue weighted by Crippen LogP contribution is -2.40. The number of ether oxygens (including phenoxy) is 2. The van der Waals surface area contributed by atoms with E-state index >= 15 is 0 Å². The van der Waals surface area contributed by atoms with E-state index in [0.717, 1.165) is 41.3 Å². The smallest absolute Gasteiger partial charge is 0.250 e. The van der Waals surface area contributed by atoms with Crippen LogP contribution in [-0.2, 0) is 16.0 Å². The lowest BCUT2D eigenvalue weighted by molar-refractivity contribution is -0.124. The van der Waals surface area contributed by atoms with Gasteiger partial charge >= 0.3 is 0 Å². The van der Waals surface area contributed by atoms with Gasteiger partial charge in [-0.05, 0) is 86.1 Å². The van der Waals surface area contributed by atoms with Crippen LogP contribution in [-0.4, -0.2) is 49.1 Å². The molecule has 1 aliphatic heterocycles. The van der Waals surface area contributed by atoms with Crippen LogP contribution in [0.1, 0.15) is 53.6 Å². The van der Waals surface area contributed by atoms with Crippen LogP contribution in [0.15, 0.2) is 65.1 Å². The maximum Gasteiger partial charge on any atom is 0.250 e. The number of hydrogen-bond donors (Lipinski definition) is 2. The average Bonchev–Trinajstić information content (AvgIpc) is 3.39. The molecule has 1 aliphatic carbocycles. The summed E-state index contributed by atoms with van der Waals surface area (Å²) in [5.41, 5.74) is 8.23. The number of amides is 3. The first-order valence-corrected chi connectivity index (χ1v) is 17.6. The van der Waals surface area contributed by atoms with Gasteiger partial charge in [0.15, 0.2) is 11.5 Å². The standard InChI is InChI=1S/C36H37BrClN3O5S/c1-45-30-18-25(28(37)20-31(30)46-2)16-17-40-33(42)21-32-35(44)41(26-14-15-27(34(39)43)29(38)19-26)36(47-32)24-12-10-23(11-13-24)9-8-22-6-4-3-5-7-22/h3-7,14-15,18-20,23-24,32,36H,10-13,16-17,21H2,1-2H3,(H2,39,43)(H,40,42)/t23?,24?,32-,36+/m1/s1. The Morgan fingerprint density at radius 1 is 1.04 bits per heavy atom. The number of anilines is 1. The average molecular weight is 739 g/mol. The predicted octanol–water partition coefficient (Wildman–Crippen LogP) is 6.60. The van der Waals surface area contributed by atoms with Gasteiger partial charge in [-0.2, -0.15) is 0 Å². The summed E-state index contributed by atoms with van der Waals surface area (Å²) in [7, 11) is 3.16. The third-order valence-corrected chi connectivity index (χ3v) is 11.2. The number of primary amides is 1. The molecule has 2 aliphatic rings. The van der Waals surface area contributed by atoms with E-state index < -0.39 is 11.2 Å². The van der Waals surface area contributed by atoms with Crippen LogP contribution in [0.4, 0.5) is 5.69 Å². The molecule has 5 rings (SSSR count). The topological polar surface area (TPSA) is 111 Å². The molecule has 47 heavy (non-hydrogen) atoms. The Morgan fingerprint density at radius 2 is 1.74 bits per heavy atom. The largest absolute Gasteiger partial charge is 0.493 e. The molecule has 0 bridgehead atoms. The molecular weight excluding hydrogens is 702 g/mol. The minimum Gasteiger partial charge on any atom is -0.493 e. The molecule has 8 nitrogen and oxygen atoms in total. The fraction of sp³-hybridized carbons (Fsp3) is 0.361. The molecule has 1 saturated heterocycles. The van der Waals surface area contributed by atoms with Crippen LogP contribution in [0.3, 0.4) is 0 Å². The SMILES string of the molecule is COc1cc(Br)c(CCNC(=O)C[C@H]2S[C@@H](C3CCC(C#Cc4ccccc4)CC3)N(c3ccc(C(N)=O)c(Cl)c3)C2=O)cc1OC. The second-order valence-corrected chi connectivity index (χ2v) is 14.2. The number of carbonyl (C=O) groups excluding carboxylic acids is 3. The van der Waals surface area contributed by atoms with Crippen molar-refractivity contribution in [2.45, 2.75) is 49.1 Å². The molecule has 0 spiro atoms. The molecule has 246 valence electrons. The van der Waals surface area contributed by atoms with E-state index in [1.54, 1.807) is 37.3 Å². The molecule has 1 saturated carbocycles. The zero-order valence-corrected chi connectivity index (χ0v) is 29.4. The Kier molecular flexibility index (Phi) is 11.8. The second kappa shape index (κ2) is 16.0. The summed E-state index contributed by atoms with van der Waals surface area (Å²) in [5.74, 6) is 7.48. The Hall–Kier alpha value is -3.65. The van der Waals surface area contributed by atoms with Crippen molar-refractivity contribution in [3.8, 4) is 23.3 Å². The highest BCUT2D eigenvalue weighted by molar-refractivity contribution is 9.10. The normalized spacial score (nSPS) is 20.7. The molecule has 0 radical (unpaired) electrons. The number of nitrogens with zero attached hydrogens (tertiary/aromatic N) is 1. The first-order valence-electron chi connectivity index (χ1n) is 15.5. The molecule has 3 N–H and O–H groups in total. The highest BCUT2D eigenvalue weighted by atomic mass is 79.9. The zero-order chi connectivity index (χ0) is 33.5. The van der Waals surface area contributed by atoms with Crippen molar-refractivity contribution in [1.29, 1.82) is 0 Å². The molecule has 3 aromatic rings. The van der Waals surface area contributed by atoms with E-state index in [1.165, 1.54) is 11.8 Å². The van der Waals surface area contributed by atoms with Gasteiger partial charge in [0.2, 0.25) is 17.7 Å². The molecule has 3 amide bonds. The fourth-order valence-corrected chi connectivity index (χ4v) is 8.52. The van der Waals surface area contributed by atoms with E-state index in [1.807, 2.05) is 42.5 Å². The number of carbonyl (C=O) groups is 3. The Balaban J connectivity index is 1.26. The third kappa shape index (κ3) is 8.45. The van der Waals surface area contributed by atoms with Gasteiger partial charge in [0.25, 0.3) is 0 Å². The minimum absolute atomic E-state index is 0.0502. The Bertz CT molecular complexity index is 1690. The lowest BCUT2D eigenvalue weighted by atomic mass is 9.81. The first kappa shape index (κ1) is 34.7. The number of nitrogens with two attached hydrogens (primary N) is 1. The van der Waals surface area contributed by atoms with Crippen molar-refractivity contribution in [3.05, 3.63) is 86.8 Å². The number of benzene rings is 3. The van der Waals surface area contributed by atoms with E-state index in [-0.39, 0.29) is 40.1 Å². The number of halogens is 2. The number of methoxy groups -OCH3 is 2. The highest BCUT2D eigenvalue weighted by Crippen LogP contribution is 2.46. The van der Waals surface area contributed by atoms with Gasteiger partial charge in [-0.15, -0.1) is 11.8 Å². The van der Waals surface area contributed by atoms with Gasteiger partial charge in [-0.3, -0.25) is 19.3 Å². The van der Waals surface area contributed by atoms with E-state index in [9.17, 15) is 14.4 Å². The molecule has 2 fully saturated rings. The molecule has 2 atom stereocenters. The van der Waals surface area contributed by atoms with Crippen LogP contribution < -0.4 is 25.4 Å². The van der Waals surface area contributed by atoms with Gasteiger partial charge in [0, 0.05) is 34.6 Å². The van der Waals surface area contributed by atoms with E-state index in [0.29, 0.717) is 36.1 Å². The fourth-order valence-electron chi connectivity index (χ4n) is 6.07. The van der Waals surface area contributed by atoms with Crippen LogP contribution in [0.5, 0.6) is 11.5 Å². The molecular formula is C36H37BrClN3O5S. The van der Waals surface area contributed by atoms with Crippen LogP contribution in [0.2, 0.25) is 5.02 Å². The summed E-state index contributed by atoms with van der Waals surface area (Å²) >= 11 is 11.5. The van der Waals surface area contributed by atoms with Gasteiger partial charge in [-0.1, -0.05) is 57.6 Å². The number of nitrogens with one attached hydrogen (secondary N) is 1. The minimum atomic E-state index is -0.634. The van der Waals surface area contributed by atoms with Crippen LogP contribution >= 0.6 is 39.3 Å². The van der Waals surface area contributed by atoms with Crippen molar-refractivity contribution in [2.24, 2.45) is 17.6 Å². The van der Waals surface area contributed by atoms with Gasteiger partial charge in [0.05, 0.1) is 35.4 Å². The van der Waals surface area contributed by atoms with Crippen molar-refractivity contribution >= 4 is 62.7 Å². The predicted molar refractivity (Wildman–Crippen MR) is 190 cm³/mol. The third-order valence-electron chi connectivity index (χ3n) is 8.58. The van der Waals surface area contributed by atoms with Gasteiger partial charge < -0.3 is 20.5 Å². The summed E-state index contributed by atoms with van der Waals surface area (Å²) in [6.45, 7) is 0.393. The summed E-state index contributed by atoms with van der Waals surface area (Å²) in [4.78, 5) is 40.7. The number of rotatable bonds is 10. The number of hydrogen-bond acceptors (Lipinski definition) is 6. The Labute approximate surface area is 293 Å².